The van der Waals surface area contributed by atoms with Gasteiger partial charge in [0, 0.05) is 23.0 Å². The summed E-state index contributed by atoms with van der Waals surface area (Å²) in [6.07, 6.45) is 3.47. The van der Waals surface area contributed by atoms with Crippen LogP contribution in [-0.2, 0) is 0 Å². The molecule has 2 saturated heterocycles. The average molecular weight is 319 g/mol. The second-order valence-electron chi connectivity index (χ2n) is 5.77. The number of fused-ring (bicyclic) bond motifs is 2. The van der Waals surface area contributed by atoms with E-state index < -0.39 is 0 Å². The van der Waals surface area contributed by atoms with Crippen molar-refractivity contribution in [1.29, 1.82) is 0 Å². The molecular weight excluding hydrogens is 302 g/mol. The molecule has 0 radical (unpaired) electrons. The Kier molecular flexibility index (Phi) is 3.32. The molecule has 2 aliphatic rings. The van der Waals surface area contributed by atoms with Gasteiger partial charge in [0.2, 0.25) is 0 Å². The van der Waals surface area contributed by atoms with Crippen LogP contribution in [0.25, 0.3) is 9.75 Å². The van der Waals surface area contributed by atoms with Crippen LogP contribution in [0.2, 0.25) is 0 Å². The van der Waals surface area contributed by atoms with Crippen LogP contribution in [0.4, 0.5) is 0 Å². The van der Waals surface area contributed by atoms with E-state index in [0.29, 0.717) is 17.1 Å². The van der Waals surface area contributed by atoms with Gasteiger partial charge in [-0.2, -0.15) is 0 Å². The van der Waals surface area contributed by atoms with Crippen LogP contribution < -0.4 is 10.6 Å². The summed E-state index contributed by atoms with van der Waals surface area (Å²) in [4.78, 5) is 19.2. The fraction of sp³-hybridized carbons (Fsp3) is 0.467. The number of hydrogen-bond acceptors (Lipinski definition) is 5. The molecule has 3 atom stereocenters. The van der Waals surface area contributed by atoms with E-state index in [1.54, 1.807) is 11.3 Å². The molecule has 2 aromatic rings. The van der Waals surface area contributed by atoms with E-state index in [2.05, 4.69) is 27.1 Å². The summed E-state index contributed by atoms with van der Waals surface area (Å²) in [6.45, 7) is 1.97. The number of nitrogens with one attached hydrogen (secondary N) is 2. The molecule has 6 heteroatoms. The zero-order valence-electron chi connectivity index (χ0n) is 11.8. The van der Waals surface area contributed by atoms with Crippen LogP contribution in [0.5, 0.6) is 0 Å². The number of carbonyl (C=O) groups excluding carboxylic acids is 1. The van der Waals surface area contributed by atoms with Crippen LogP contribution in [0.3, 0.4) is 0 Å². The van der Waals surface area contributed by atoms with Crippen molar-refractivity contribution >= 4 is 28.6 Å². The van der Waals surface area contributed by atoms with Crippen molar-refractivity contribution in [3.8, 4) is 9.75 Å². The summed E-state index contributed by atoms with van der Waals surface area (Å²) in [5, 5.41) is 9.34. The maximum atomic E-state index is 12.4. The maximum Gasteiger partial charge on any atom is 0.280 e. The molecule has 4 nitrogen and oxygen atoms in total. The van der Waals surface area contributed by atoms with Crippen molar-refractivity contribution < 1.29 is 4.79 Å². The predicted molar refractivity (Wildman–Crippen MR) is 86.0 cm³/mol. The smallest absolute Gasteiger partial charge is 0.280 e. The Bertz CT molecular complexity index is 665. The highest BCUT2D eigenvalue weighted by atomic mass is 32.1. The van der Waals surface area contributed by atoms with Crippen molar-refractivity contribution in [3.05, 3.63) is 28.2 Å². The SMILES string of the molecule is Cc1nc(C(=O)NC2CC3CCC2N3)sc1-c1cccs1. The summed E-state index contributed by atoms with van der Waals surface area (Å²) in [5.74, 6) is -0.0229. The Morgan fingerprint density at radius 2 is 2.38 bits per heavy atom. The lowest BCUT2D eigenvalue weighted by molar-refractivity contribution is 0.0930. The second-order valence-corrected chi connectivity index (χ2v) is 7.72. The molecule has 2 bridgehead atoms. The minimum Gasteiger partial charge on any atom is -0.346 e. The Morgan fingerprint density at radius 3 is 3.05 bits per heavy atom. The highest BCUT2D eigenvalue weighted by Crippen LogP contribution is 2.33. The molecule has 110 valence electrons. The van der Waals surface area contributed by atoms with E-state index in [0.717, 1.165) is 17.0 Å². The van der Waals surface area contributed by atoms with E-state index in [4.69, 9.17) is 0 Å². The molecule has 1 amide bonds. The first-order valence-corrected chi connectivity index (χ1v) is 8.98. The standard InChI is InChI=1S/C15H17N3OS2/c1-8-13(12-3-2-6-20-12)21-15(16-8)14(19)18-11-7-9-4-5-10(11)17-9/h2-3,6,9-11,17H,4-5,7H2,1H3,(H,18,19). The predicted octanol–water partition coefficient (Wildman–Crippen LogP) is 2.80. The minimum atomic E-state index is -0.0229. The molecule has 3 unspecified atom stereocenters. The van der Waals surface area contributed by atoms with Crippen molar-refractivity contribution in [2.24, 2.45) is 0 Å². The monoisotopic (exact) mass is 319 g/mol. The van der Waals surface area contributed by atoms with Crippen molar-refractivity contribution in [2.45, 2.75) is 44.3 Å². The summed E-state index contributed by atoms with van der Waals surface area (Å²) in [5.41, 5.74) is 0.943. The minimum absolute atomic E-state index is 0.0229. The van der Waals surface area contributed by atoms with Crippen molar-refractivity contribution in [3.63, 3.8) is 0 Å². The molecule has 0 aromatic carbocycles. The quantitative estimate of drug-likeness (QED) is 0.915. The Morgan fingerprint density at radius 1 is 1.48 bits per heavy atom. The Labute approximate surface area is 131 Å². The summed E-state index contributed by atoms with van der Waals surface area (Å²) in [7, 11) is 0. The van der Waals surface area contributed by atoms with Gasteiger partial charge in [-0.05, 0) is 37.6 Å². The molecule has 0 aliphatic carbocycles. The van der Waals surface area contributed by atoms with E-state index >= 15 is 0 Å². The fourth-order valence-corrected chi connectivity index (χ4v) is 5.22. The van der Waals surface area contributed by atoms with Gasteiger partial charge in [-0.15, -0.1) is 22.7 Å². The van der Waals surface area contributed by atoms with Crippen molar-refractivity contribution in [1.82, 2.24) is 15.6 Å². The summed E-state index contributed by atoms with van der Waals surface area (Å²) < 4.78 is 0. The van der Waals surface area contributed by atoms with Gasteiger partial charge in [0.05, 0.1) is 10.6 Å². The number of thiazole rings is 1. The third kappa shape index (κ3) is 2.41. The average Bonchev–Trinajstić information content (AvgIpc) is 3.22. The maximum absolute atomic E-state index is 12.4. The number of amides is 1. The molecule has 4 rings (SSSR count). The number of carbonyl (C=O) groups is 1. The molecule has 21 heavy (non-hydrogen) atoms. The molecule has 2 aromatic heterocycles. The van der Waals surface area contributed by atoms with Gasteiger partial charge >= 0.3 is 0 Å². The topological polar surface area (TPSA) is 54.0 Å². The van der Waals surface area contributed by atoms with Crippen LogP contribution in [-0.4, -0.2) is 29.0 Å². The van der Waals surface area contributed by atoms with Gasteiger partial charge in [-0.3, -0.25) is 4.79 Å². The lowest BCUT2D eigenvalue weighted by atomic mass is 9.95. The van der Waals surface area contributed by atoms with Crippen LogP contribution >= 0.6 is 22.7 Å². The number of aryl methyl sites for hydroxylation is 1. The van der Waals surface area contributed by atoms with Crippen LogP contribution in [0, 0.1) is 6.92 Å². The third-order valence-corrected chi connectivity index (χ3v) is 6.56. The van der Waals surface area contributed by atoms with Gasteiger partial charge in [0.25, 0.3) is 5.91 Å². The summed E-state index contributed by atoms with van der Waals surface area (Å²) in [6, 6.07) is 5.43. The lowest BCUT2D eigenvalue weighted by Gasteiger charge is -2.20. The first kappa shape index (κ1) is 13.4. The number of nitrogens with zero attached hydrogens (tertiary/aromatic N) is 1. The molecule has 0 spiro atoms. The molecule has 2 N–H and O–H groups in total. The van der Waals surface area contributed by atoms with Crippen molar-refractivity contribution in [2.75, 3.05) is 0 Å². The molecule has 0 saturated carbocycles. The molecule has 2 fully saturated rings. The first-order chi connectivity index (χ1) is 10.2. The number of rotatable bonds is 3. The van der Waals surface area contributed by atoms with Gasteiger partial charge in [0.1, 0.15) is 0 Å². The zero-order chi connectivity index (χ0) is 14.4. The number of aromatic nitrogens is 1. The van der Waals surface area contributed by atoms with Gasteiger partial charge in [-0.25, -0.2) is 4.98 Å². The third-order valence-electron chi connectivity index (χ3n) is 4.35. The van der Waals surface area contributed by atoms with Crippen LogP contribution in [0.1, 0.15) is 34.8 Å². The highest BCUT2D eigenvalue weighted by Gasteiger charge is 2.40. The van der Waals surface area contributed by atoms with E-state index in [1.165, 1.54) is 29.1 Å². The Hall–Kier alpha value is -1.24. The largest absolute Gasteiger partial charge is 0.346 e. The van der Waals surface area contributed by atoms with Gasteiger partial charge < -0.3 is 10.6 Å². The normalized spacial score (nSPS) is 27.2. The molecule has 4 heterocycles. The van der Waals surface area contributed by atoms with Crippen LogP contribution in [0.15, 0.2) is 17.5 Å². The van der Waals surface area contributed by atoms with E-state index in [1.807, 2.05) is 13.0 Å². The lowest BCUT2D eigenvalue weighted by Crippen LogP contribution is -2.42. The number of hydrogen-bond donors (Lipinski definition) is 2. The molecular formula is C15H17N3OS2. The zero-order valence-corrected chi connectivity index (χ0v) is 13.4. The van der Waals surface area contributed by atoms with E-state index in [-0.39, 0.29) is 11.9 Å². The number of thiophene rings is 1. The second kappa shape index (κ2) is 5.19. The fourth-order valence-electron chi connectivity index (χ4n) is 3.34. The Balaban J connectivity index is 1.51. The van der Waals surface area contributed by atoms with Gasteiger partial charge in [-0.1, -0.05) is 6.07 Å². The first-order valence-electron chi connectivity index (χ1n) is 7.29. The highest BCUT2D eigenvalue weighted by molar-refractivity contribution is 7.22. The summed E-state index contributed by atoms with van der Waals surface area (Å²) >= 11 is 3.18. The van der Waals surface area contributed by atoms with Gasteiger partial charge in [0.15, 0.2) is 5.01 Å². The molecule has 2 aliphatic heterocycles. The van der Waals surface area contributed by atoms with E-state index in [9.17, 15) is 4.79 Å².